The van der Waals surface area contributed by atoms with Gasteiger partial charge in [0.05, 0.1) is 18.3 Å². The molecule has 7 heteroatoms. The van der Waals surface area contributed by atoms with Crippen molar-refractivity contribution < 1.29 is 9.90 Å². The molecule has 0 aliphatic carbocycles. The van der Waals surface area contributed by atoms with Crippen LogP contribution in [-0.2, 0) is 4.79 Å². The average Bonchev–Trinajstić information content (AvgIpc) is 2.62. The Hall–Kier alpha value is -1.95. The lowest BCUT2D eigenvalue weighted by Crippen LogP contribution is -2.49. The summed E-state index contributed by atoms with van der Waals surface area (Å²) in [6.45, 7) is 5.30. The van der Waals surface area contributed by atoms with Gasteiger partial charge in [-0.3, -0.25) is 9.69 Å². The number of hydrogen-bond donors (Lipinski definition) is 2. The average molecular weight is 408 g/mol. The van der Waals surface area contributed by atoms with Crippen molar-refractivity contribution in [2.24, 2.45) is 0 Å². The summed E-state index contributed by atoms with van der Waals surface area (Å²) in [6, 6.07) is 12.4. The molecule has 5 nitrogen and oxygen atoms in total. The van der Waals surface area contributed by atoms with Gasteiger partial charge in [0.1, 0.15) is 5.75 Å². The van der Waals surface area contributed by atoms with Crippen molar-refractivity contribution in [1.82, 2.24) is 10.2 Å². The molecular weight excluding hydrogens is 385 g/mol. The molecule has 0 saturated carbocycles. The van der Waals surface area contributed by atoms with Gasteiger partial charge in [0.15, 0.2) is 0 Å². The minimum Gasteiger partial charge on any atom is -0.506 e. The minimum absolute atomic E-state index is 0.0375. The maximum atomic E-state index is 12.4. The summed E-state index contributed by atoms with van der Waals surface area (Å²) in [7, 11) is 0. The highest BCUT2D eigenvalue weighted by molar-refractivity contribution is 6.35. The third-order valence-corrected chi connectivity index (χ3v) is 5.33. The standard InChI is InChI=1S/C20H23Cl2N3O2/c1-14(16-7-6-15(21)12-17(16)22)23-20(27)13-24-8-10-25(11-9-24)18-4-2-3-5-19(18)26/h2-7,12,14,26H,8-11,13H2,1H3,(H,23,27)/t14-/m0/s1. The summed E-state index contributed by atoms with van der Waals surface area (Å²) < 4.78 is 0. The molecule has 1 atom stereocenters. The molecule has 1 saturated heterocycles. The fraction of sp³-hybridized carbons (Fsp3) is 0.350. The van der Waals surface area contributed by atoms with Crippen LogP contribution in [0.3, 0.4) is 0 Å². The summed E-state index contributed by atoms with van der Waals surface area (Å²) in [4.78, 5) is 16.7. The van der Waals surface area contributed by atoms with Crippen LogP contribution in [0.15, 0.2) is 42.5 Å². The first-order valence-corrected chi connectivity index (χ1v) is 9.69. The van der Waals surface area contributed by atoms with Crippen LogP contribution in [0.4, 0.5) is 5.69 Å². The summed E-state index contributed by atoms with van der Waals surface area (Å²) in [5.74, 6) is 0.252. The van der Waals surface area contributed by atoms with Crippen molar-refractivity contribution in [3.05, 3.63) is 58.1 Å². The highest BCUT2D eigenvalue weighted by Gasteiger charge is 2.21. The lowest BCUT2D eigenvalue weighted by atomic mass is 10.1. The number of nitrogens with zero attached hydrogens (tertiary/aromatic N) is 2. The molecule has 1 amide bonds. The number of hydrogen-bond acceptors (Lipinski definition) is 4. The van der Waals surface area contributed by atoms with Gasteiger partial charge in [-0.1, -0.05) is 41.4 Å². The Bertz CT molecular complexity index is 808. The molecule has 2 aromatic rings. The number of benzene rings is 2. The number of phenols is 1. The van der Waals surface area contributed by atoms with Crippen LogP contribution in [0.2, 0.25) is 10.0 Å². The number of halogens is 2. The number of phenolic OH excluding ortho intramolecular Hbond substituents is 1. The Labute approximate surface area is 169 Å². The van der Waals surface area contributed by atoms with Gasteiger partial charge in [0.2, 0.25) is 5.91 Å². The maximum absolute atomic E-state index is 12.4. The fourth-order valence-electron chi connectivity index (χ4n) is 3.30. The largest absolute Gasteiger partial charge is 0.506 e. The van der Waals surface area contributed by atoms with E-state index in [0.717, 1.165) is 37.4 Å². The van der Waals surface area contributed by atoms with E-state index >= 15 is 0 Å². The monoisotopic (exact) mass is 407 g/mol. The predicted octanol–water partition coefficient (Wildman–Crippen LogP) is 3.70. The first-order chi connectivity index (χ1) is 12.9. The third-order valence-electron chi connectivity index (χ3n) is 4.77. The molecule has 1 aliphatic rings. The van der Waals surface area contributed by atoms with E-state index in [0.29, 0.717) is 16.6 Å². The lowest BCUT2D eigenvalue weighted by Gasteiger charge is -2.36. The van der Waals surface area contributed by atoms with Crippen molar-refractivity contribution in [1.29, 1.82) is 0 Å². The molecule has 2 aromatic carbocycles. The Morgan fingerprint density at radius 1 is 1.15 bits per heavy atom. The van der Waals surface area contributed by atoms with E-state index in [-0.39, 0.29) is 17.7 Å². The van der Waals surface area contributed by atoms with Crippen LogP contribution in [0.25, 0.3) is 0 Å². The molecule has 0 spiro atoms. The van der Waals surface area contributed by atoms with Crippen LogP contribution in [0.5, 0.6) is 5.75 Å². The maximum Gasteiger partial charge on any atom is 0.234 e. The molecule has 0 unspecified atom stereocenters. The number of piperazine rings is 1. The van der Waals surface area contributed by atoms with Crippen LogP contribution in [0.1, 0.15) is 18.5 Å². The summed E-state index contributed by atoms with van der Waals surface area (Å²) >= 11 is 12.1. The van der Waals surface area contributed by atoms with E-state index in [9.17, 15) is 9.90 Å². The number of rotatable bonds is 5. The predicted molar refractivity (Wildman–Crippen MR) is 110 cm³/mol. The first kappa shape index (κ1) is 19.8. The van der Waals surface area contributed by atoms with Crippen LogP contribution in [0, 0.1) is 0 Å². The van der Waals surface area contributed by atoms with Crippen molar-refractivity contribution in [3.8, 4) is 5.75 Å². The normalized spacial score (nSPS) is 16.2. The van der Waals surface area contributed by atoms with Gasteiger partial charge in [-0.25, -0.2) is 0 Å². The van der Waals surface area contributed by atoms with Crippen molar-refractivity contribution in [2.45, 2.75) is 13.0 Å². The molecule has 0 bridgehead atoms. The topological polar surface area (TPSA) is 55.8 Å². The summed E-state index contributed by atoms with van der Waals surface area (Å²) in [5, 5.41) is 14.1. The van der Waals surface area contributed by atoms with Crippen molar-refractivity contribution in [3.63, 3.8) is 0 Å². The van der Waals surface area contributed by atoms with Crippen molar-refractivity contribution >= 4 is 34.8 Å². The third kappa shape index (κ3) is 5.06. The summed E-state index contributed by atoms with van der Waals surface area (Å²) in [6.07, 6.45) is 0. The minimum atomic E-state index is -0.190. The first-order valence-electron chi connectivity index (χ1n) is 8.93. The Morgan fingerprint density at radius 2 is 1.85 bits per heavy atom. The second kappa shape index (κ2) is 8.83. The molecule has 0 aromatic heterocycles. The number of amides is 1. The number of carbonyl (C=O) groups is 1. The number of carbonyl (C=O) groups excluding carboxylic acids is 1. The van der Waals surface area contributed by atoms with Gasteiger partial charge in [-0.05, 0) is 36.8 Å². The van der Waals surface area contributed by atoms with E-state index in [1.165, 1.54) is 0 Å². The lowest BCUT2D eigenvalue weighted by molar-refractivity contribution is -0.123. The zero-order valence-electron chi connectivity index (χ0n) is 15.2. The van der Waals surface area contributed by atoms with Gasteiger partial charge in [-0.2, -0.15) is 0 Å². The van der Waals surface area contributed by atoms with Gasteiger partial charge >= 0.3 is 0 Å². The number of aromatic hydroxyl groups is 1. The molecule has 27 heavy (non-hydrogen) atoms. The number of anilines is 1. The van der Waals surface area contributed by atoms with Crippen LogP contribution >= 0.6 is 23.2 Å². The molecule has 2 N–H and O–H groups in total. The molecule has 1 fully saturated rings. The highest BCUT2D eigenvalue weighted by Crippen LogP contribution is 2.27. The molecule has 3 rings (SSSR count). The second-order valence-corrected chi connectivity index (χ2v) is 7.55. The molecule has 144 valence electrons. The Morgan fingerprint density at radius 3 is 2.52 bits per heavy atom. The molecule has 0 radical (unpaired) electrons. The summed E-state index contributed by atoms with van der Waals surface area (Å²) in [5.41, 5.74) is 1.69. The van der Waals surface area contributed by atoms with Crippen LogP contribution in [-0.4, -0.2) is 48.6 Å². The van der Waals surface area contributed by atoms with Crippen molar-refractivity contribution in [2.75, 3.05) is 37.6 Å². The van der Waals surface area contributed by atoms with Gasteiger partial charge < -0.3 is 15.3 Å². The molecular formula is C20H23Cl2N3O2. The van der Waals surface area contributed by atoms with E-state index in [4.69, 9.17) is 23.2 Å². The second-order valence-electron chi connectivity index (χ2n) is 6.71. The smallest absolute Gasteiger partial charge is 0.234 e. The van der Waals surface area contributed by atoms with Crippen LogP contribution < -0.4 is 10.2 Å². The number of para-hydroxylation sites is 2. The van der Waals surface area contributed by atoms with Gasteiger partial charge in [-0.15, -0.1) is 0 Å². The zero-order valence-corrected chi connectivity index (χ0v) is 16.7. The number of nitrogens with one attached hydrogen (secondary N) is 1. The zero-order chi connectivity index (χ0) is 19.4. The SMILES string of the molecule is C[C@H](NC(=O)CN1CCN(c2ccccc2O)CC1)c1ccc(Cl)cc1Cl. The Balaban J connectivity index is 1.50. The van der Waals surface area contributed by atoms with E-state index in [2.05, 4.69) is 15.1 Å². The van der Waals surface area contributed by atoms with Gasteiger partial charge in [0.25, 0.3) is 0 Å². The van der Waals surface area contributed by atoms with E-state index in [1.807, 2.05) is 31.2 Å². The fourth-order valence-corrected chi connectivity index (χ4v) is 3.87. The van der Waals surface area contributed by atoms with Gasteiger partial charge in [0, 0.05) is 36.2 Å². The van der Waals surface area contributed by atoms with E-state index in [1.54, 1.807) is 18.2 Å². The highest BCUT2D eigenvalue weighted by atomic mass is 35.5. The van der Waals surface area contributed by atoms with E-state index < -0.39 is 0 Å². The molecule has 1 heterocycles. The quantitative estimate of drug-likeness (QED) is 0.793. The Kier molecular flexibility index (Phi) is 6.47. The molecule has 1 aliphatic heterocycles.